The number of benzene rings is 1. The maximum absolute atomic E-state index is 12.4. The van der Waals surface area contributed by atoms with Gasteiger partial charge in [-0.3, -0.25) is 4.79 Å². The van der Waals surface area contributed by atoms with Crippen molar-refractivity contribution in [2.75, 3.05) is 5.32 Å². The molecule has 0 aliphatic carbocycles. The molecule has 0 saturated carbocycles. The van der Waals surface area contributed by atoms with Crippen LogP contribution < -0.4 is 5.32 Å². The molecule has 5 nitrogen and oxygen atoms in total. The summed E-state index contributed by atoms with van der Waals surface area (Å²) in [7, 11) is 0. The summed E-state index contributed by atoms with van der Waals surface area (Å²) in [6, 6.07) is 9.44. The number of pyridine rings is 1. The van der Waals surface area contributed by atoms with E-state index in [1.807, 2.05) is 45.0 Å². The quantitative estimate of drug-likeness (QED) is 0.795. The van der Waals surface area contributed by atoms with Gasteiger partial charge in [-0.2, -0.15) is 0 Å². The van der Waals surface area contributed by atoms with Crippen molar-refractivity contribution in [1.29, 1.82) is 0 Å². The molecule has 2 aromatic heterocycles. The number of amides is 1. The van der Waals surface area contributed by atoms with Crippen LogP contribution in [0.3, 0.4) is 0 Å². The zero-order valence-corrected chi connectivity index (χ0v) is 12.8. The van der Waals surface area contributed by atoms with Gasteiger partial charge in [-0.05, 0) is 36.6 Å². The van der Waals surface area contributed by atoms with Crippen LogP contribution in [-0.4, -0.2) is 16.0 Å². The van der Waals surface area contributed by atoms with Gasteiger partial charge in [0.25, 0.3) is 11.6 Å². The summed E-state index contributed by atoms with van der Waals surface area (Å²) in [4.78, 5) is 16.5. The van der Waals surface area contributed by atoms with Crippen LogP contribution in [0.4, 0.5) is 5.69 Å². The number of aryl methyl sites for hydroxylation is 1. The van der Waals surface area contributed by atoms with Gasteiger partial charge in [0.2, 0.25) is 0 Å². The highest BCUT2D eigenvalue weighted by atomic mass is 16.5. The maximum Gasteiger partial charge on any atom is 0.257 e. The lowest BCUT2D eigenvalue weighted by atomic mass is 10.1. The molecule has 3 rings (SSSR count). The van der Waals surface area contributed by atoms with Crippen LogP contribution in [0.25, 0.3) is 11.1 Å². The monoisotopic (exact) mass is 295 g/mol. The van der Waals surface area contributed by atoms with Crippen LogP contribution in [0.5, 0.6) is 0 Å². The molecular weight excluding hydrogens is 278 g/mol. The number of carbonyl (C=O) groups excluding carboxylic acids is 1. The molecule has 0 aliphatic rings. The lowest BCUT2D eigenvalue weighted by Gasteiger charge is -2.06. The van der Waals surface area contributed by atoms with Crippen molar-refractivity contribution in [1.82, 2.24) is 10.1 Å². The number of rotatable bonds is 3. The van der Waals surface area contributed by atoms with Crippen LogP contribution in [0.2, 0.25) is 0 Å². The molecule has 3 aromatic rings. The molecule has 1 N–H and O–H groups in total. The number of aromatic nitrogens is 2. The summed E-state index contributed by atoms with van der Waals surface area (Å²) in [6.45, 7) is 6.03. The molecule has 0 unspecified atom stereocenters. The first-order chi connectivity index (χ1) is 10.5. The molecule has 0 saturated heterocycles. The minimum atomic E-state index is -0.198. The number of anilines is 1. The van der Waals surface area contributed by atoms with Gasteiger partial charge in [0.1, 0.15) is 0 Å². The van der Waals surface area contributed by atoms with Crippen molar-refractivity contribution in [2.45, 2.75) is 26.7 Å². The first-order valence-electron chi connectivity index (χ1n) is 7.18. The zero-order chi connectivity index (χ0) is 15.7. The molecule has 0 fully saturated rings. The van der Waals surface area contributed by atoms with Gasteiger partial charge in [-0.1, -0.05) is 31.1 Å². The fourth-order valence-electron chi connectivity index (χ4n) is 2.32. The summed E-state index contributed by atoms with van der Waals surface area (Å²) in [6.07, 6.45) is 1.50. The average molecular weight is 295 g/mol. The van der Waals surface area contributed by atoms with Crippen molar-refractivity contribution < 1.29 is 9.32 Å². The number of nitrogens with zero attached hydrogens (tertiary/aromatic N) is 2. The van der Waals surface area contributed by atoms with E-state index < -0.39 is 0 Å². The molecule has 22 heavy (non-hydrogen) atoms. The Morgan fingerprint density at radius 2 is 2.09 bits per heavy atom. The standard InChI is InChI=1S/C17H17N3O2/c1-10(2)15-14-8-12(9-18-17(14)22-20-15)16(21)19-13-6-4-5-11(3)7-13/h4-10H,1-3H3,(H,19,21). The normalized spacial score (nSPS) is 11.1. The van der Waals surface area contributed by atoms with Crippen LogP contribution in [0.15, 0.2) is 41.1 Å². The second-order valence-corrected chi connectivity index (χ2v) is 5.62. The van der Waals surface area contributed by atoms with Crippen molar-refractivity contribution in [2.24, 2.45) is 0 Å². The third kappa shape index (κ3) is 2.70. The largest absolute Gasteiger partial charge is 0.336 e. The lowest BCUT2D eigenvalue weighted by molar-refractivity contribution is 0.102. The van der Waals surface area contributed by atoms with E-state index in [9.17, 15) is 4.79 Å². The van der Waals surface area contributed by atoms with Gasteiger partial charge in [0.05, 0.1) is 16.6 Å². The predicted molar refractivity (Wildman–Crippen MR) is 85.0 cm³/mol. The van der Waals surface area contributed by atoms with E-state index in [0.717, 1.165) is 22.3 Å². The van der Waals surface area contributed by atoms with E-state index >= 15 is 0 Å². The molecule has 1 aromatic carbocycles. The molecule has 0 bridgehead atoms. The SMILES string of the molecule is Cc1cccc(NC(=O)c2cnc3onc(C(C)C)c3c2)c1. The Hall–Kier alpha value is -2.69. The Morgan fingerprint density at radius 1 is 1.27 bits per heavy atom. The fraction of sp³-hybridized carbons (Fsp3) is 0.235. The number of nitrogens with one attached hydrogen (secondary N) is 1. The van der Waals surface area contributed by atoms with Crippen LogP contribution in [0, 0.1) is 6.92 Å². The number of fused-ring (bicyclic) bond motifs is 1. The van der Waals surface area contributed by atoms with Crippen molar-refractivity contribution >= 4 is 22.7 Å². The van der Waals surface area contributed by atoms with Crippen molar-refractivity contribution in [3.8, 4) is 0 Å². The molecule has 2 heterocycles. The summed E-state index contributed by atoms with van der Waals surface area (Å²) in [5.74, 6) is 0.00837. The first-order valence-corrected chi connectivity index (χ1v) is 7.18. The third-order valence-electron chi connectivity index (χ3n) is 3.44. The van der Waals surface area contributed by atoms with Gasteiger partial charge in [-0.25, -0.2) is 4.98 Å². The summed E-state index contributed by atoms with van der Waals surface area (Å²) in [5.41, 5.74) is 3.61. The van der Waals surface area contributed by atoms with Gasteiger partial charge >= 0.3 is 0 Å². The van der Waals surface area contributed by atoms with Crippen LogP contribution in [-0.2, 0) is 0 Å². The van der Waals surface area contributed by atoms with Gasteiger partial charge in [-0.15, -0.1) is 0 Å². The third-order valence-corrected chi connectivity index (χ3v) is 3.44. The topological polar surface area (TPSA) is 68.0 Å². The first kappa shape index (κ1) is 14.3. The van der Waals surface area contributed by atoms with E-state index in [1.54, 1.807) is 6.07 Å². The minimum absolute atomic E-state index is 0.198. The highest BCUT2D eigenvalue weighted by molar-refractivity contribution is 6.05. The number of hydrogen-bond acceptors (Lipinski definition) is 4. The molecule has 0 spiro atoms. The van der Waals surface area contributed by atoms with E-state index in [4.69, 9.17) is 4.52 Å². The fourth-order valence-corrected chi connectivity index (χ4v) is 2.32. The molecule has 1 amide bonds. The van der Waals surface area contributed by atoms with Crippen molar-refractivity contribution in [3.05, 3.63) is 53.3 Å². The van der Waals surface area contributed by atoms with E-state index in [1.165, 1.54) is 6.20 Å². The van der Waals surface area contributed by atoms with E-state index in [-0.39, 0.29) is 11.8 Å². The highest BCUT2D eigenvalue weighted by Crippen LogP contribution is 2.24. The molecular formula is C17H17N3O2. The number of hydrogen-bond donors (Lipinski definition) is 1. The predicted octanol–water partition coefficient (Wildman–Crippen LogP) is 3.91. The van der Waals surface area contributed by atoms with E-state index in [0.29, 0.717) is 11.3 Å². The second kappa shape index (κ2) is 5.60. The van der Waals surface area contributed by atoms with Gasteiger partial charge in [0, 0.05) is 11.9 Å². The maximum atomic E-state index is 12.4. The lowest BCUT2D eigenvalue weighted by Crippen LogP contribution is -2.12. The summed E-state index contributed by atoms with van der Waals surface area (Å²) >= 11 is 0. The molecule has 5 heteroatoms. The molecule has 0 atom stereocenters. The van der Waals surface area contributed by atoms with Crippen molar-refractivity contribution in [3.63, 3.8) is 0 Å². The Labute approximate surface area is 128 Å². The molecule has 0 radical (unpaired) electrons. The zero-order valence-electron chi connectivity index (χ0n) is 12.8. The second-order valence-electron chi connectivity index (χ2n) is 5.62. The minimum Gasteiger partial charge on any atom is -0.336 e. The van der Waals surface area contributed by atoms with E-state index in [2.05, 4.69) is 15.5 Å². The summed E-state index contributed by atoms with van der Waals surface area (Å²) < 4.78 is 5.19. The number of carbonyl (C=O) groups is 1. The smallest absolute Gasteiger partial charge is 0.257 e. The Kier molecular flexibility index (Phi) is 3.63. The Morgan fingerprint density at radius 3 is 2.82 bits per heavy atom. The Balaban J connectivity index is 1.92. The van der Waals surface area contributed by atoms with Gasteiger partial charge in [0.15, 0.2) is 0 Å². The average Bonchev–Trinajstić information content (AvgIpc) is 2.90. The molecule has 112 valence electrons. The Bertz CT molecular complexity index is 837. The van der Waals surface area contributed by atoms with Crippen LogP contribution >= 0.6 is 0 Å². The van der Waals surface area contributed by atoms with Gasteiger partial charge < -0.3 is 9.84 Å². The molecule has 0 aliphatic heterocycles. The highest BCUT2D eigenvalue weighted by Gasteiger charge is 2.15. The summed E-state index contributed by atoms with van der Waals surface area (Å²) in [5, 5.41) is 7.68. The van der Waals surface area contributed by atoms with Crippen LogP contribution in [0.1, 0.15) is 41.4 Å².